The molecule has 3 aromatic rings. The molecule has 25 heavy (non-hydrogen) atoms. The normalized spacial score (nSPS) is 10.7. The van der Waals surface area contributed by atoms with Crippen molar-refractivity contribution in [3.63, 3.8) is 0 Å². The zero-order chi connectivity index (χ0) is 18.1. The summed E-state index contributed by atoms with van der Waals surface area (Å²) in [7, 11) is 0. The molecule has 0 unspecified atom stereocenters. The van der Waals surface area contributed by atoms with Crippen molar-refractivity contribution >= 4 is 28.8 Å². The number of anilines is 2. The largest absolute Gasteiger partial charge is 0.355 e. The van der Waals surface area contributed by atoms with E-state index < -0.39 is 4.92 Å². The van der Waals surface area contributed by atoms with Crippen LogP contribution in [0, 0.1) is 30.9 Å². The van der Waals surface area contributed by atoms with E-state index >= 15 is 0 Å². The average Bonchev–Trinajstić information content (AvgIpc) is 2.88. The number of nitrogens with one attached hydrogen (secondary N) is 1. The Morgan fingerprint density at radius 3 is 2.56 bits per heavy atom. The maximum atomic E-state index is 11.7. The first-order valence-electron chi connectivity index (χ1n) is 7.43. The van der Waals surface area contributed by atoms with Crippen LogP contribution >= 0.6 is 11.6 Å². The maximum absolute atomic E-state index is 11.7. The monoisotopic (exact) mass is 358 g/mol. The molecule has 0 aliphatic heterocycles. The molecule has 0 spiro atoms. The van der Waals surface area contributed by atoms with E-state index in [4.69, 9.17) is 11.6 Å². The summed E-state index contributed by atoms with van der Waals surface area (Å²) in [4.78, 5) is 19.3. The lowest BCUT2D eigenvalue weighted by molar-refractivity contribution is -0.384. The zero-order valence-corrected chi connectivity index (χ0v) is 14.6. The first-order valence-corrected chi connectivity index (χ1v) is 7.81. The molecule has 3 rings (SSSR count). The molecule has 0 atom stereocenters. The van der Waals surface area contributed by atoms with Gasteiger partial charge in [-0.15, -0.1) is 0 Å². The van der Waals surface area contributed by atoms with Crippen LogP contribution in [-0.4, -0.2) is 24.7 Å². The van der Waals surface area contributed by atoms with Gasteiger partial charge in [0, 0.05) is 16.4 Å². The Kier molecular flexibility index (Phi) is 4.37. The number of aromatic nitrogens is 4. The number of nitro groups is 1. The van der Waals surface area contributed by atoms with E-state index in [1.165, 1.54) is 11.0 Å². The Balaban J connectivity index is 2.13. The summed E-state index contributed by atoms with van der Waals surface area (Å²) in [5.74, 6) is 0.202. The van der Waals surface area contributed by atoms with Crippen LogP contribution in [0.5, 0.6) is 0 Å². The van der Waals surface area contributed by atoms with E-state index in [2.05, 4.69) is 20.4 Å². The number of aryl methyl sites for hydroxylation is 3. The Bertz CT molecular complexity index is 969. The fraction of sp³-hybridized carbons (Fsp3) is 0.188. The molecule has 9 heteroatoms. The molecule has 2 aromatic heterocycles. The number of hydrogen-bond donors (Lipinski definition) is 1. The Morgan fingerprint density at radius 1 is 1.20 bits per heavy atom. The second-order valence-corrected chi connectivity index (χ2v) is 6.01. The fourth-order valence-electron chi connectivity index (χ4n) is 2.52. The zero-order valence-electron chi connectivity index (χ0n) is 13.8. The number of rotatable bonds is 4. The van der Waals surface area contributed by atoms with Crippen molar-refractivity contribution in [2.75, 3.05) is 5.32 Å². The fourth-order valence-corrected chi connectivity index (χ4v) is 2.75. The third kappa shape index (κ3) is 3.29. The Hall–Kier alpha value is -3.00. The smallest absolute Gasteiger partial charge is 0.334 e. The minimum atomic E-state index is -0.515. The molecular weight excluding hydrogens is 344 g/mol. The van der Waals surface area contributed by atoms with Crippen molar-refractivity contribution in [1.29, 1.82) is 0 Å². The second kappa shape index (κ2) is 6.48. The van der Waals surface area contributed by atoms with Gasteiger partial charge in [0.25, 0.3) is 0 Å². The van der Waals surface area contributed by atoms with Crippen LogP contribution < -0.4 is 5.32 Å². The number of halogens is 1. The lowest BCUT2D eigenvalue weighted by Crippen LogP contribution is -2.10. The summed E-state index contributed by atoms with van der Waals surface area (Å²) in [6.45, 7) is 5.47. The summed E-state index contributed by atoms with van der Waals surface area (Å²) in [5, 5.41) is 19.5. The highest BCUT2D eigenvalue weighted by Gasteiger charge is 2.26. The van der Waals surface area contributed by atoms with E-state index in [1.807, 2.05) is 26.8 Å². The Labute approximate surface area is 148 Å². The molecule has 0 radical (unpaired) electrons. The lowest BCUT2D eigenvalue weighted by atomic mass is 10.2. The van der Waals surface area contributed by atoms with Gasteiger partial charge in [-0.1, -0.05) is 11.6 Å². The molecule has 1 N–H and O–H groups in total. The number of benzene rings is 1. The average molecular weight is 359 g/mol. The number of hydrogen-bond acceptors (Lipinski definition) is 6. The predicted molar refractivity (Wildman–Crippen MR) is 94.8 cm³/mol. The molecule has 0 aliphatic carbocycles. The quantitative estimate of drug-likeness (QED) is 0.561. The maximum Gasteiger partial charge on any atom is 0.355 e. The summed E-state index contributed by atoms with van der Waals surface area (Å²) >= 11 is 5.95. The van der Waals surface area contributed by atoms with E-state index in [9.17, 15) is 10.1 Å². The summed E-state index contributed by atoms with van der Waals surface area (Å²) < 4.78 is 1.44. The van der Waals surface area contributed by atoms with Gasteiger partial charge in [-0.3, -0.25) is 10.1 Å². The summed E-state index contributed by atoms with van der Waals surface area (Å²) in [6, 6.07) is 7.03. The van der Waals surface area contributed by atoms with Gasteiger partial charge >= 0.3 is 5.69 Å². The van der Waals surface area contributed by atoms with E-state index in [0.717, 1.165) is 17.0 Å². The first-order chi connectivity index (χ1) is 11.9. The third-order valence-electron chi connectivity index (χ3n) is 3.64. The van der Waals surface area contributed by atoms with Crippen molar-refractivity contribution in [1.82, 2.24) is 19.7 Å². The third-order valence-corrected chi connectivity index (χ3v) is 3.87. The summed E-state index contributed by atoms with van der Waals surface area (Å²) in [5.41, 5.74) is 2.75. The van der Waals surface area contributed by atoms with Gasteiger partial charge in [-0.2, -0.15) is 5.10 Å². The molecule has 0 saturated heterocycles. The molecule has 0 bridgehead atoms. The molecule has 0 aliphatic rings. The summed E-state index contributed by atoms with van der Waals surface area (Å²) in [6.07, 6.45) is 1.27. The van der Waals surface area contributed by atoms with E-state index in [0.29, 0.717) is 10.7 Å². The van der Waals surface area contributed by atoms with Gasteiger partial charge < -0.3 is 5.32 Å². The predicted octanol–water partition coefficient (Wildman–Crippen LogP) is 3.89. The van der Waals surface area contributed by atoms with Gasteiger partial charge in [0.1, 0.15) is 6.33 Å². The van der Waals surface area contributed by atoms with Gasteiger partial charge in [0.2, 0.25) is 11.6 Å². The van der Waals surface area contributed by atoms with Crippen molar-refractivity contribution in [3.8, 4) is 5.82 Å². The molecule has 1 aromatic carbocycles. The van der Waals surface area contributed by atoms with Gasteiger partial charge in [-0.05, 0) is 50.6 Å². The minimum Gasteiger partial charge on any atom is -0.334 e. The van der Waals surface area contributed by atoms with Crippen LogP contribution in [0.3, 0.4) is 0 Å². The van der Waals surface area contributed by atoms with E-state index in [1.54, 1.807) is 18.2 Å². The highest BCUT2D eigenvalue weighted by atomic mass is 35.5. The lowest BCUT2D eigenvalue weighted by Gasteiger charge is -2.11. The van der Waals surface area contributed by atoms with Crippen LogP contribution in [0.2, 0.25) is 5.02 Å². The van der Waals surface area contributed by atoms with E-state index in [-0.39, 0.29) is 17.3 Å². The molecule has 0 amide bonds. The van der Waals surface area contributed by atoms with Crippen molar-refractivity contribution in [2.24, 2.45) is 0 Å². The molecule has 128 valence electrons. The van der Waals surface area contributed by atoms with Gasteiger partial charge in [0.15, 0.2) is 0 Å². The first kappa shape index (κ1) is 16.8. The second-order valence-electron chi connectivity index (χ2n) is 5.57. The van der Waals surface area contributed by atoms with Crippen LogP contribution in [0.25, 0.3) is 5.82 Å². The number of nitrogens with zero attached hydrogens (tertiary/aromatic N) is 5. The minimum absolute atomic E-state index is 0.0907. The molecule has 0 fully saturated rings. The van der Waals surface area contributed by atoms with Gasteiger partial charge in [0.05, 0.1) is 10.6 Å². The van der Waals surface area contributed by atoms with Crippen LogP contribution in [-0.2, 0) is 0 Å². The highest BCUT2D eigenvalue weighted by molar-refractivity contribution is 6.30. The highest BCUT2D eigenvalue weighted by Crippen LogP contribution is 2.32. The van der Waals surface area contributed by atoms with Crippen molar-refractivity contribution in [3.05, 3.63) is 62.7 Å². The SMILES string of the molecule is Cc1cc(C)n(-c2ncnc(Nc3ccc(Cl)cc3C)c2[N+](=O)[O-])n1. The molecule has 2 heterocycles. The van der Waals surface area contributed by atoms with Crippen LogP contribution in [0.15, 0.2) is 30.6 Å². The molecule has 8 nitrogen and oxygen atoms in total. The van der Waals surface area contributed by atoms with Crippen molar-refractivity contribution < 1.29 is 4.92 Å². The Morgan fingerprint density at radius 2 is 1.96 bits per heavy atom. The van der Waals surface area contributed by atoms with Crippen LogP contribution in [0.4, 0.5) is 17.2 Å². The standard InChI is InChI=1S/C16H15ClN6O2/c1-9-6-12(17)4-5-13(9)20-15-14(23(24)25)16(19-8-18-15)22-11(3)7-10(2)21-22/h4-8H,1-3H3,(H,18,19,20). The van der Waals surface area contributed by atoms with Crippen molar-refractivity contribution in [2.45, 2.75) is 20.8 Å². The molecular formula is C16H15ClN6O2. The topological polar surface area (TPSA) is 98.8 Å². The van der Waals surface area contributed by atoms with Crippen LogP contribution in [0.1, 0.15) is 17.0 Å². The molecule has 0 saturated carbocycles. The van der Waals surface area contributed by atoms with Gasteiger partial charge in [-0.25, -0.2) is 14.6 Å².